The largest absolute Gasteiger partial charge is 0.353 e. The van der Waals surface area contributed by atoms with E-state index in [9.17, 15) is 0 Å². The molecule has 92 valence electrons. The molecule has 0 saturated carbocycles. The zero-order chi connectivity index (χ0) is 12.4. The van der Waals surface area contributed by atoms with E-state index in [0.717, 1.165) is 6.54 Å². The van der Waals surface area contributed by atoms with Crippen molar-refractivity contribution in [2.45, 2.75) is 53.1 Å². The quantitative estimate of drug-likeness (QED) is 0.827. The number of rotatable bonds is 4. The summed E-state index contributed by atoms with van der Waals surface area (Å²) in [6.45, 7) is 12.4. The Labute approximate surface area is 100 Å². The molecule has 0 atom stereocenters. The van der Waals surface area contributed by atoms with Crippen molar-refractivity contribution >= 4 is 0 Å². The van der Waals surface area contributed by atoms with Crippen LogP contribution in [0.3, 0.4) is 0 Å². The minimum atomic E-state index is 0.183. The topological polar surface area (TPSA) is 17.0 Å². The van der Waals surface area contributed by atoms with Crippen LogP contribution in [0.15, 0.2) is 18.3 Å². The van der Waals surface area contributed by atoms with Crippen molar-refractivity contribution in [2.24, 2.45) is 12.5 Å². The summed E-state index contributed by atoms with van der Waals surface area (Å²) in [6, 6.07) is 4.26. The van der Waals surface area contributed by atoms with E-state index in [1.54, 1.807) is 0 Å². The summed E-state index contributed by atoms with van der Waals surface area (Å²) in [5.41, 5.74) is 1.88. The van der Waals surface area contributed by atoms with Crippen molar-refractivity contribution in [3.63, 3.8) is 0 Å². The molecule has 0 saturated heterocycles. The molecule has 0 amide bonds. The van der Waals surface area contributed by atoms with Crippen LogP contribution in [-0.2, 0) is 13.6 Å². The average Bonchev–Trinajstić information content (AvgIpc) is 2.43. The molecule has 1 heterocycles. The van der Waals surface area contributed by atoms with Gasteiger partial charge in [-0.3, -0.25) is 0 Å². The van der Waals surface area contributed by atoms with E-state index in [2.05, 4.69) is 69.9 Å². The number of hydrogen-bond donors (Lipinski definition) is 1. The van der Waals surface area contributed by atoms with Gasteiger partial charge in [-0.1, -0.05) is 20.8 Å². The van der Waals surface area contributed by atoms with Crippen LogP contribution in [0, 0.1) is 5.41 Å². The van der Waals surface area contributed by atoms with Gasteiger partial charge in [0.15, 0.2) is 0 Å². The van der Waals surface area contributed by atoms with Gasteiger partial charge in [-0.15, -0.1) is 0 Å². The van der Waals surface area contributed by atoms with Crippen molar-refractivity contribution in [1.82, 2.24) is 9.88 Å². The lowest BCUT2D eigenvalue weighted by atomic mass is 9.82. The first kappa shape index (κ1) is 13.3. The van der Waals surface area contributed by atoms with E-state index in [0.29, 0.717) is 5.41 Å². The van der Waals surface area contributed by atoms with Gasteiger partial charge in [0.25, 0.3) is 0 Å². The molecule has 0 unspecified atom stereocenters. The highest BCUT2D eigenvalue weighted by Gasteiger charge is 2.24. The van der Waals surface area contributed by atoms with Crippen LogP contribution in [0.25, 0.3) is 0 Å². The van der Waals surface area contributed by atoms with Gasteiger partial charge in [0.05, 0.1) is 0 Å². The Balaban J connectivity index is 2.51. The first-order chi connectivity index (χ1) is 7.20. The number of nitrogens with zero attached hydrogens (tertiary/aromatic N) is 1. The molecule has 0 aromatic carbocycles. The van der Waals surface area contributed by atoms with Crippen LogP contribution < -0.4 is 5.32 Å². The molecule has 1 rings (SSSR count). The Morgan fingerprint density at radius 2 is 1.81 bits per heavy atom. The Bertz CT molecular complexity index is 329. The van der Waals surface area contributed by atoms with Gasteiger partial charge in [0, 0.05) is 31.0 Å². The molecule has 0 spiro atoms. The second-order valence-corrected chi connectivity index (χ2v) is 6.59. The third-order valence-electron chi connectivity index (χ3n) is 2.77. The van der Waals surface area contributed by atoms with Gasteiger partial charge in [-0.2, -0.15) is 0 Å². The smallest absolute Gasteiger partial charge is 0.0363 e. The summed E-state index contributed by atoms with van der Waals surface area (Å²) >= 11 is 0. The van der Waals surface area contributed by atoms with Crippen LogP contribution in [0.4, 0.5) is 0 Å². The van der Waals surface area contributed by atoms with Crippen molar-refractivity contribution in [3.8, 4) is 0 Å². The van der Waals surface area contributed by atoms with Crippen LogP contribution in [0.5, 0.6) is 0 Å². The Morgan fingerprint density at radius 3 is 2.25 bits per heavy atom. The molecule has 1 aromatic heterocycles. The molecule has 2 nitrogen and oxygen atoms in total. The monoisotopic (exact) mass is 222 g/mol. The normalized spacial score (nSPS) is 13.1. The molecule has 2 heteroatoms. The summed E-state index contributed by atoms with van der Waals surface area (Å²) in [5.74, 6) is 0. The number of aryl methyl sites for hydroxylation is 1. The van der Waals surface area contributed by atoms with E-state index in [1.807, 2.05) is 0 Å². The highest BCUT2D eigenvalue weighted by molar-refractivity contribution is 5.06. The standard InChI is InChI=1S/C14H26N2/c1-13(2,3)11-14(4,5)15-10-12-8-7-9-16(12)6/h7-9,15H,10-11H2,1-6H3. The fraction of sp³-hybridized carbons (Fsp3) is 0.714. The highest BCUT2D eigenvalue weighted by atomic mass is 15.0. The Hall–Kier alpha value is -0.760. The molecular weight excluding hydrogens is 196 g/mol. The molecule has 16 heavy (non-hydrogen) atoms. The van der Waals surface area contributed by atoms with Crippen molar-refractivity contribution in [1.29, 1.82) is 0 Å². The van der Waals surface area contributed by atoms with Crippen LogP contribution >= 0.6 is 0 Å². The third-order valence-corrected chi connectivity index (χ3v) is 2.77. The summed E-state index contributed by atoms with van der Waals surface area (Å²) in [7, 11) is 2.09. The maximum Gasteiger partial charge on any atom is 0.0363 e. The zero-order valence-electron chi connectivity index (χ0n) is 11.6. The van der Waals surface area contributed by atoms with E-state index in [1.165, 1.54) is 12.1 Å². The van der Waals surface area contributed by atoms with Crippen molar-refractivity contribution in [3.05, 3.63) is 24.0 Å². The number of hydrogen-bond acceptors (Lipinski definition) is 1. The SMILES string of the molecule is Cn1cccc1CNC(C)(C)CC(C)(C)C. The second kappa shape index (κ2) is 4.62. The molecule has 0 aliphatic heterocycles. The fourth-order valence-electron chi connectivity index (χ4n) is 2.40. The first-order valence-corrected chi connectivity index (χ1v) is 6.05. The van der Waals surface area contributed by atoms with E-state index in [4.69, 9.17) is 0 Å². The highest BCUT2D eigenvalue weighted by Crippen LogP contribution is 2.26. The summed E-state index contributed by atoms with van der Waals surface area (Å²) in [4.78, 5) is 0. The van der Waals surface area contributed by atoms with Crippen molar-refractivity contribution < 1.29 is 0 Å². The number of aromatic nitrogens is 1. The van der Waals surface area contributed by atoms with Gasteiger partial charge in [0.2, 0.25) is 0 Å². The van der Waals surface area contributed by atoms with Gasteiger partial charge < -0.3 is 9.88 Å². The zero-order valence-corrected chi connectivity index (χ0v) is 11.6. The van der Waals surface area contributed by atoms with Gasteiger partial charge in [-0.05, 0) is 37.8 Å². The molecule has 1 N–H and O–H groups in total. The van der Waals surface area contributed by atoms with Crippen LogP contribution in [0.2, 0.25) is 0 Å². The molecule has 1 aromatic rings. The van der Waals surface area contributed by atoms with E-state index >= 15 is 0 Å². The van der Waals surface area contributed by atoms with Gasteiger partial charge >= 0.3 is 0 Å². The summed E-state index contributed by atoms with van der Waals surface area (Å²) in [6.07, 6.45) is 3.26. The molecule has 0 bridgehead atoms. The van der Waals surface area contributed by atoms with E-state index in [-0.39, 0.29) is 5.54 Å². The van der Waals surface area contributed by atoms with E-state index < -0.39 is 0 Å². The Kier molecular flexibility index (Phi) is 3.84. The lowest BCUT2D eigenvalue weighted by molar-refractivity contribution is 0.239. The van der Waals surface area contributed by atoms with Gasteiger partial charge in [0.1, 0.15) is 0 Å². The minimum absolute atomic E-state index is 0.183. The van der Waals surface area contributed by atoms with Gasteiger partial charge in [-0.25, -0.2) is 0 Å². The summed E-state index contributed by atoms with van der Waals surface area (Å²) < 4.78 is 2.17. The van der Waals surface area contributed by atoms with Crippen LogP contribution in [0.1, 0.15) is 46.7 Å². The average molecular weight is 222 g/mol. The maximum absolute atomic E-state index is 3.64. The fourth-order valence-corrected chi connectivity index (χ4v) is 2.40. The predicted octanol–water partition coefficient (Wildman–Crippen LogP) is 3.33. The summed E-state index contributed by atoms with van der Waals surface area (Å²) in [5, 5.41) is 3.64. The second-order valence-electron chi connectivity index (χ2n) is 6.59. The number of nitrogens with one attached hydrogen (secondary N) is 1. The Morgan fingerprint density at radius 1 is 1.19 bits per heavy atom. The first-order valence-electron chi connectivity index (χ1n) is 6.05. The molecule has 0 radical (unpaired) electrons. The third kappa shape index (κ3) is 4.40. The molecule has 0 fully saturated rings. The predicted molar refractivity (Wildman–Crippen MR) is 70.4 cm³/mol. The lowest BCUT2D eigenvalue weighted by Gasteiger charge is -2.33. The van der Waals surface area contributed by atoms with Crippen LogP contribution in [-0.4, -0.2) is 10.1 Å². The molecule has 0 aliphatic carbocycles. The molecule has 0 aliphatic rings. The minimum Gasteiger partial charge on any atom is -0.353 e. The van der Waals surface area contributed by atoms with Crippen molar-refractivity contribution in [2.75, 3.05) is 0 Å². The maximum atomic E-state index is 3.64. The molecular formula is C14H26N2. The lowest BCUT2D eigenvalue weighted by Crippen LogP contribution is -2.42.